The average molecular weight is 342 g/mol. The molecule has 0 radical (unpaired) electrons. The number of hydrogen-bond donors (Lipinski definition) is 0. The van der Waals surface area contributed by atoms with Crippen LogP contribution in [0, 0.1) is 0 Å². The zero-order chi connectivity index (χ0) is 16.1. The van der Waals surface area contributed by atoms with Crippen molar-refractivity contribution in [1.82, 2.24) is 4.90 Å². The van der Waals surface area contributed by atoms with E-state index in [-0.39, 0.29) is 11.9 Å². The Morgan fingerprint density at radius 1 is 1.36 bits per heavy atom. The molecule has 0 fully saturated rings. The van der Waals surface area contributed by atoms with Crippen molar-refractivity contribution in [3.63, 3.8) is 0 Å². The largest absolute Gasteiger partial charge is 0.377 e. The molecule has 120 valence electrons. The molecule has 1 atom stereocenters. The van der Waals surface area contributed by atoms with Gasteiger partial charge in [-0.25, -0.2) is 0 Å². The molecule has 0 bridgehead atoms. The molecule has 5 heteroatoms. The van der Waals surface area contributed by atoms with Crippen LogP contribution >= 0.6 is 23.2 Å². The molecule has 2 rings (SSSR count). The molecular formula is C17H21Cl2NO2. The molecule has 1 aliphatic rings. The lowest BCUT2D eigenvalue weighted by Gasteiger charge is -2.31. The molecule has 1 unspecified atom stereocenters. The summed E-state index contributed by atoms with van der Waals surface area (Å²) < 4.78 is 5.28. The molecule has 0 N–H and O–H groups in total. The number of carbonyl (C=O) groups excluding carboxylic acids is 1. The molecule has 1 heterocycles. The van der Waals surface area contributed by atoms with Crippen LogP contribution in [-0.4, -0.2) is 30.6 Å². The highest BCUT2D eigenvalue weighted by Crippen LogP contribution is 2.29. The third-order valence-corrected chi connectivity index (χ3v) is 4.60. The Bertz CT molecular complexity index is 572. The molecule has 0 spiro atoms. The monoisotopic (exact) mass is 341 g/mol. The van der Waals surface area contributed by atoms with E-state index >= 15 is 0 Å². The highest BCUT2D eigenvalue weighted by atomic mass is 35.5. The Kier molecular flexibility index (Phi) is 6.30. The second-order valence-electron chi connectivity index (χ2n) is 5.40. The van der Waals surface area contributed by atoms with E-state index in [1.54, 1.807) is 6.07 Å². The standard InChI is InChI=1S/C17H21Cl2NO2/c1-3-8-20(17(21)13-6-9-22-10-7-13)12(2)14-4-5-15(18)16(19)11-14/h4-6,11-12H,3,7-10H2,1-2H3. The van der Waals surface area contributed by atoms with E-state index in [0.717, 1.165) is 17.6 Å². The van der Waals surface area contributed by atoms with Crippen LogP contribution in [0.1, 0.15) is 38.3 Å². The summed E-state index contributed by atoms with van der Waals surface area (Å²) in [6, 6.07) is 5.49. The van der Waals surface area contributed by atoms with E-state index < -0.39 is 0 Å². The summed E-state index contributed by atoms with van der Waals surface area (Å²) in [6.07, 6.45) is 3.46. The van der Waals surface area contributed by atoms with Crippen molar-refractivity contribution >= 4 is 29.1 Å². The summed E-state index contributed by atoms with van der Waals surface area (Å²) in [4.78, 5) is 14.7. The van der Waals surface area contributed by atoms with Gasteiger partial charge in [-0.15, -0.1) is 0 Å². The summed E-state index contributed by atoms with van der Waals surface area (Å²) in [6.45, 7) is 5.92. The van der Waals surface area contributed by atoms with Gasteiger partial charge in [-0.05, 0) is 31.0 Å². The number of ether oxygens (including phenoxy) is 1. The van der Waals surface area contributed by atoms with Crippen LogP contribution < -0.4 is 0 Å². The number of hydrogen-bond acceptors (Lipinski definition) is 2. The summed E-state index contributed by atoms with van der Waals surface area (Å²) in [5.74, 6) is 0.0868. The summed E-state index contributed by atoms with van der Waals surface area (Å²) >= 11 is 12.1. The predicted octanol–water partition coefficient (Wildman–Crippen LogP) is 4.64. The number of halogens is 2. The SMILES string of the molecule is CCCN(C(=O)C1=CCOCC1)C(C)c1ccc(Cl)c(Cl)c1. The normalized spacial score (nSPS) is 16.1. The number of amides is 1. The summed E-state index contributed by atoms with van der Waals surface area (Å²) in [7, 11) is 0. The van der Waals surface area contributed by atoms with Gasteiger partial charge >= 0.3 is 0 Å². The molecular weight excluding hydrogens is 321 g/mol. The van der Waals surface area contributed by atoms with E-state index in [9.17, 15) is 4.79 Å². The van der Waals surface area contributed by atoms with Gasteiger partial charge in [-0.1, -0.05) is 42.3 Å². The van der Waals surface area contributed by atoms with Crippen LogP contribution in [0.3, 0.4) is 0 Å². The van der Waals surface area contributed by atoms with E-state index in [4.69, 9.17) is 27.9 Å². The van der Waals surface area contributed by atoms with Crippen molar-refractivity contribution in [2.45, 2.75) is 32.7 Å². The van der Waals surface area contributed by atoms with E-state index in [1.807, 2.05) is 30.0 Å². The maximum Gasteiger partial charge on any atom is 0.250 e. The fourth-order valence-electron chi connectivity index (χ4n) is 2.57. The number of rotatable bonds is 5. The third-order valence-electron chi connectivity index (χ3n) is 3.86. The Morgan fingerprint density at radius 2 is 2.14 bits per heavy atom. The Morgan fingerprint density at radius 3 is 2.73 bits per heavy atom. The molecule has 1 aromatic carbocycles. The van der Waals surface area contributed by atoms with Crippen molar-refractivity contribution in [3.05, 3.63) is 45.5 Å². The fourth-order valence-corrected chi connectivity index (χ4v) is 2.88. The summed E-state index contributed by atoms with van der Waals surface area (Å²) in [5, 5.41) is 1.04. The highest BCUT2D eigenvalue weighted by molar-refractivity contribution is 6.42. The molecule has 0 aromatic heterocycles. The Labute approximate surface area is 141 Å². The minimum absolute atomic E-state index is 0.0500. The van der Waals surface area contributed by atoms with Crippen LogP contribution in [0.25, 0.3) is 0 Å². The molecule has 0 saturated carbocycles. The first-order valence-corrected chi connectivity index (χ1v) is 8.33. The topological polar surface area (TPSA) is 29.5 Å². The first-order chi connectivity index (χ1) is 10.5. The van der Waals surface area contributed by atoms with Gasteiger partial charge in [0.2, 0.25) is 5.91 Å². The summed E-state index contributed by atoms with van der Waals surface area (Å²) in [5.41, 5.74) is 1.83. The maximum absolute atomic E-state index is 12.8. The number of benzene rings is 1. The molecule has 22 heavy (non-hydrogen) atoms. The van der Waals surface area contributed by atoms with Crippen molar-refractivity contribution < 1.29 is 9.53 Å². The van der Waals surface area contributed by atoms with Crippen LogP contribution in [0.4, 0.5) is 0 Å². The second-order valence-corrected chi connectivity index (χ2v) is 6.22. The van der Waals surface area contributed by atoms with Crippen LogP contribution in [0.15, 0.2) is 29.8 Å². The average Bonchev–Trinajstić information content (AvgIpc) is 2.55. The van der Waals surface area contributed by atoms with Crippen molar-refractivity contribution in [3.8, 4) is 0 Å². The zero-order valence-electron chi connectivity index (χ0n) is 12.9. The first kappa shape index (κ1) is 17.3. The van der Waals surface area contributed by atoms with Crippen LogP contribution in [-0.2, 0) is 9.53 Å². The van der Waals surface area contributed by atoms with Gasteiger partial charge in [-0.2, -0.15) is 0 Å². The van der Waals surface area contributed by atoms with Crippen molar-refractivity contribution in [1.29, 1.82) is 0 Å². The zero-order valence-corrected chi connectivity index (χ0v) is 14.5. The third kappa shape index (κ3) is 4.03. The number of nitrogens with zero attached hydrogens (tertiary/aromatic N) is 1. The van der Waals surface area contributed by atoms with Crippen LogP contribution in [0.5, 0.6) is 0 Å². The molecule has 0 aliphatic carbocycles. The molecule has 1 amide bonds. The van der Waals surface area contributed by atoms with Gasteiger partial charge in [0.1, 0.15) is 0 Å². The smallest absolute Gasteiger partial charge is 0.250 e. The minimum atomic E-state index is -0.0500. The first-order valence-electron chi connectivity index (χ1n) is 7.57. The fraction of sp³-hybridized carbons (Fsp3) is 0.471. The van der Waals surface area contributed by atoms with Gasteiger partial charge in [0.15, 0.2) is 0 Å². The van der Waals surface area contributed by atoms with Gasteiger partial charge < -0.3 is 9.64 Å². The van der Waals surface area contributed by atoms with Gasteiger partial charge in [-0.3, -0.25) is 4.79 Å². The van der Waals surface area contributed by atoms with Crippen LogP contribution in [0.2, 0.25) is 10.0 Å². The number of carbonyl (C=O) groups is 1. The molecule has 0 saturated heterocycles. The molecule has 3 nitrogen and oxygen atoms in total. The minimum Gasteiger partial charge on any atom is -0.377 e. The van der Waals surface area contributed by atoms with Gasteiger partial charge in [0.25, 0.3) is 0 Å². The molecule has 1 aromatic rings. The van der Waals surface area contributed by atoms with Gasteiger partial charge in [0.05, 0.1) is 29.3 Å². The Balaban J connectivity index is 2.23. The lowest BCUT2D eigenvalue weighted by molar-refractivity contribution is -0.129. The van der Waals surface area contributed by atoms with Crippen molar-refractivity contribution in [2.75, 3.05) is 19.8 Å². The van der Waals surface area contributed by atoms with Gasteiger partial charge in [0, 0.05) is 18.5 Å². The lowest BCUT2D eigenvalue weighted by atomic mass is 10.0. The maximum atomic E-state index is 12.8. The Hall–Kier alpha value is -1.03. The van der Waals surface area contributed by atoms with Crippen molar-refractivity contribution in [2.24, 2.45) is 0 Å². The highest BCUT2D eigenvalue weighted by Gasteiger charge is 2.24. The lowest BCUT2D eigenvalue weighted by Crippen LogP contribution is -2.36. The van der Waals surface area contributed by atoms with E-state index in [2.05, 4.69) is 6.92 Å². The predicted molar refractivity (Wildman–Crippen MR) is 90.4 cm³/mol. The molecule has 1 aliphatic heterocycles. The van der Waals surface area contributed by atoms with E-state index in [1.165, 1.54) is 0 Å². The van der Waals surface area contributed by atoms with E-state index in [0.29, 0.717) is 36.2 Å². The second kappa shape index (κ2) is 8.00. The quantitative estimate of drug-likeness (QED) is 0.780.